The van der Waals surface area contributed by atoms with Gasteiger partial charge in [-0.15, -0.1) is 0 Å². The van der Waals surface area contributed by atoms with Crippen LogP contribution in [0.3, 0.4) is 0 Å². The fraction of sp³-hybridized carbons (Fsp3) is 1.00. The van der Waals surface area contributed by atoms with Crippen LogP contribution in [0.1, 0.15) is 6.92 Å². The molecule has 2 unspecified atom stereocenters. The van der Waals surface area contributed by atoms with E-state index in [0.29, 0.717) is 0 Å². The summed E-state index contributed by atoms with van der Waals surface area (Å²) < 4.78 is 27.9. The van der Waals surface area contributed by atoms with Gasteiger partial charge < -0.3 is 10.2 Å². The summed E-state index contributed by atoms with van der Waals surface area (Å²) in [4.78, 5) is 0. The van der Waals surface area contributed by atoms with Gasteiger partial charge in [-0.3, -0.25) is 4.55 Å². The summed E-state index contributed by atoms with van der Waals surface area (Å²) >= 11 is 0. The third kappa shape index (κ3) is 4.84. The molecule has 0 spiro atoms. The second kappa shape index (κ2) is 4.87. The zero-order valence-electron chi connectivity index (χ0n) is 4.72. The molecule has 0 radical (unpaired) electrons. The molecule has 5 nitrogen and oxygen atoms in total. The molecule has 7 heteroatoms. The molecule has 2 atom stereocenters. The molecule has 10 heavy (non-hydrogen) atoms. The zero-order valence-corrected chi connectivity index (χ0v) is 5.54. The minimum absolute atomic E-state index is 0. The second-order valence-corrected chi connectivity index (χ2v) is 3.16. The van der Waals surface area contributed by atoms with Crippen LogP contribution >= 0.6 is 0 Å². The van der Waals surface area contributed by atoms with Gasteiger partial charge in [0.15, 0.2) is 0 Å². The first-order chi connectivity index (χ1) is 3.85. The van der Waals surface area contributed by atoms with E-state index in [9.17, 15) is 8.42 Å². The summed E-state index contributed by atoms with van der Waals surface area (Å²) in [5.74, 6) is 0. The van der Waals surface area contributed by atoms with Crippen molar-refractivity contribution in [3.05, 3.63) is 0 Å². The Labute approximate surface area is 88.8 Å². The van der Waals surface area contributed by atoms with E-state index >= 15 is 0 Å². The summed E-state index contributed by atoms with van der Waals surface area (Å²) in [6, 6.07) is 0. The van der Waals surface area contributed by atoms with Crippen molar-refractivity contribution < 1.29 is 23.2 Å². The van der Waals surface area contributed by atoms with Crippen LogP contribution in [-0.2, 0) is 10.1 Å². The first kappa shape index (κ1) is 13.7. The van der Waals surface area contributed by atoms with Crippen LogP contribution in [0.2, 0.25) is 0 Å². The van der Waals surface area contributed by atoms with Crippen LogP contribution in [0.4, 0.5) is 0 Å². The predicted octanol–water partition coefficient (Wildman–Crippen LogP) is -2.34. The molecule has 0 amide bonds. The Kier molecular flexibility index (Phi) is 6.65. The minimum atomic E-state index is -4.50. The van der Waals surface area contributed by atoms with Crippen molar-refractivity contribution in [1.29, 1.82) is 0 Å². The maximum atomic E-state index is 9.92. The van der Waals surface area contributed by atoms with Crippen molar-refractivity contribution in [1.82, 2.24) is 0 Å². The number of aliphatic hydroxyl groups is 2. The van der Waals surface area contributed by atoms with E-state index < -0.39 is 21.7 Å². The van der Waals surface area contributed by atoms with E-state index in [1.807, 2.05) is 0 Å². The molecule has 0 aromatic carbocycles. The van der Waals surface area contributed by atoms with E-state index in [-0.39, 0.29) is 37.7 Å². The molecule has 0 aliphatic heterocycles. The molecular formula is C3H10CaO5S. The molecular weight excluding hydrogens is 188 g/mol. The average Bonchev–Trinajstić information content (AvgIpc) is 1.62. The molecule has 60 valence electrons. The molecule has 0 saturated carbocycles. The van der Waals surface area contributed by atoms with Crippen molar-refractivity contribution in [2.75, 3.05) is 0 Å². The van der Waals surface area contributed by atoms with Crippen LogP contribution < -0.4 is 0 Å². The van der Waals surface area contributed by atoms with Gasteiger partial charge in [-0.2, -0.15) is 8.42 Å². The van der Waals surface area contributed by atoms with Gasteiger partial charge in [-0.25, -0.2) is 0 Å². The number of aliphatic hydroxyl groups excluding tert-OH is 2. The summed E-state index contributed by atoms with van der Waals surface area (Å²) in [6.07, 6.45) is -1.47. The Hall–Kier alpha value is 1.09. The van der Waals surface area contributed by atoms with Gasteiger partial charge in [0.1, 0.15) is 0 Å². The van der Waals surface area contributed by atoms with Crippen LogP contribution in [0, 0.1) is 0 Å². The normalized spacial score (nSPS) is 17.2. The van der Waals surface area contributed by atoms with E-state index in [0.717, 1.165) is 6.92 Å². The van der Waals surface area contributed by atoms with Crippen molar-refractivity contribution in [2.45, 2.75) is 18.5 Å². The van der Waals surface area contributed by atoms with E-state index in [2.05, 4.69) is 0 Å². The standard InChI is InChI=1S/C3H8O5S.Ca.2H/c1-2(4)3(5)9(6,7)8;;;/h2-5H,1H3,(H,6,7,8);;;. The molecule has 0 rings (SSSR count). The van der Waals surface area contributed by atoms with Gasteiger partial charge in [0.25, 0.3) is 10.1 Å². The number of rotatable bonds is 2. The molecule has 0 saturated heterocycles. The third-order valence-electron chi connectivity index (χ3n) is 0.718. The predicted molar refractivity (Wildman–Crippen MR) is 37.8 cm³/mol. The fourth-order valence-corrected chi connectivity index (χ4v) is 0.747. The van der Waals surface area contributed by atoms with Gasteiger partial charge in [-0.1, -0.05) is 0 Å². The van der Waals surface area contributed by atoms with Crippen molar-refractivity contribution in [2.24, 2.45) is 0 Å². The Morgan fingerprint density at radius 1 is 1.30 bits per heavy atom. The maximum absolute atomic E-state index is 9.92. The van der Waals surface area contributed by atoms with Crippen LogP contribution in [0.5, 0.6) is 0 Å². The summed E-state index contributed by atoms with van der Waals surface area (Å²) in [5.41, 5.74) is -2.10. The van der Waals surface area contributed by atoms with Crippen molar-refractivity contribution in [3.8, 4) is 0 Å². The zero-order chi connectivity index (χ0) is 7.65. The summed E-state index contributed by atoms with van der Waals surface area (Å²) in [6.45, 7) is 1.05. The van der Waals surface area contributed by atoms with Gasteiger partial charge in [-0.05, 0) is 6.92 Å². The van der Waals surface area contributed by atoms with Gasteiger partial charge in [0, 0.05) is 0 Å². The van der Waals surface area contributed by atoms with Crippen molar-refractivity contribution >= 4 is 47.9 Å². The van der Waals surface area contributed by atoms with Crippen LogP contribution in [-0.4, -0.2) is 72.5 Å². The topological polar surface area (TPSA) is 94.8 Å². The first-order valence-electron chi connectivity index (χ1n) is 2.18. The molecule has 0 fully saturated rings. The number of hydrogen-bond acceptors (Lipinski definition) is 4. The number of hydrogen-bond donors (Lipinski definition) is 3. The van der Waals surface area contributed by atoms with Crippen LogP contribution in [0.25, 0.3) is 0 Å². The fourth-order valence-electron chi connectivity index (χ4n) is 0.249. The van der Waals surface area contributed by atoms with Gasteiger partial charge in [0.05, 0.1) is 6.10 Å². The first-order valence-corrected chi connectivity index (χ1v) is 3.68. The van der Waals surface area contributed by atoms with Crippen molar-refractivity contribution in [3.63, 3.8) is 0 Å². The van der Waals surface area contributed by atoms with Gasteiger partial charge >= 0.3 is 37.7 Å². The third-order valence-corrected chi connectivity index (χ3v) is 1.72. The SMILES string of the molecule is CC(O)C(O)S(=O)(=O)O.[CaH2]. The quantitative estimate of drug-likeness (QED) is 0.341. The van der Waals surface area contributed by atoms with E-state index in [4.69, 9.17) is 14.8 Å². The Morgan fingerprint density at radius 3 is 1.60 bits per heavy atom. The molecule has 0 bridgehead atoms. The van der Waals surface area contributed by atoms with E-state index in [1.54, 1.807) is 0 Å². The summed E-state index contributed by atoms with van der Waals surface area (Å²) in [5, 5.41) is 16.7. The molecule has 0 aliphatic rings. The molecule has 0 heterocycles. The van der Waals surface area contributed by atoms with Gasteiger partial charge in [0.2, 0.25) is 5.44 Å². The Balaban J connectivity index is 0. The molecule has 3 N–H and O–H groups in total. The van der Waals surface area contributed by atoms with E-state index in [1.165, 1.54) is 0 Å². The van der Waals surface area contributed by atoms with Crippen LogP contribution in [0.15, 0.2) is 0 Å². The Morgan fingerprint density at radius 2 is 1.60 bits per heavy atom. The summed E-state index contributed by atoms with van der Waals surface area (Å²) in [7, 11) is -4.50. The monoisotopic (exact) mass is 198 g/mol. The second-order valence-electron chi connectivity index (χ2n) is 1.65. The average molecular weight is 198 g/mol. The molecule has 0 aromatic heterocycles. The molecule has 0 aliphatic carbocycles. The molecule has 0 aromatic rings. The Bertz CT molecular complexity index is 173.